The third-order valence-electron chi connectivity index (χ3n) is 3.29. The number of carbonyl (C=O) groups is 2. The molecule has 132 valence electrons. The van der Waals surface area contributed by atoms with Crippen molar-refractivity contribution in [3.05, 3.63) is 29.8 Å². The summed E-state index contributed by atoms with van der Waals surface area (Å²) >= 11 is 0. The zero-order chi connectivity index (χ0) is 17.9. The van der Waals surface area contributed by atoms with Crippen LogP contribution < -0.4 is 14.8 Å². The van der Waals surface area contributed by atoms with Gasteiger partial charge in [-0.1, -0.05) is 19.4 Å². The predicted molar refractivity (Wildman–Crippen MR) is 92.1 cm³/mol. The molecular weight excluding hydrogens is 310 g/mol. The molecule has 0 aromatic heterocycles. The van der Waals surface area contributed by atoms with E-state index in [2.05, 4.69) is 17.0 Å². The van der Waals surface area contributed by atoms with E-state index in [4.69, 9.17) is 9.47 Å². The quantitative estimate of drug-likeness (QED) is 0.554. The van der Waals surface area contributed by atoms with Crippen molar-refractivity contribution in [3.63, 3.8) is 0 Å². The Morgan fingerprint density at radius 2 is 2.00 bits per heavy atom. The number of rotatable bonds is 9. The monoisotopic (exact) mass is 335 g/mol. The lowest BCUT2D eigenvalue weighted by Gasteiger charge is -2.14. The van der Waals surface area contributed by atoms with Crippen LogP contribution in [0, 0.1) is 0 Å². The van der Waals surface area contributed by atoms with E-state index in [1.54, 1.807) is 24.3 Å². The van der Waals surface area contributed by atoms with E-state index in [0.29, 0.717) is 11.5 Å². The molecule has 1 aromatic rings. The molecule has 0 saturated carbocycles. The van der Waals surface area contributed by atoms with Gasteiger partial charge in [0.2, 0.25) is 0 Å². The molecule has 0 aliphatic heterocycles. The van der Waals surface area contributed by atoms with Crippen molar-refractivity contribution in [1.29, 1.82) is 0 Å². The molecule has 0 radical (unpaired) electrons. The minimum atomic E-state index is -0.438. The first-order valence-electron chi connectivity index (χ1n) is 7.86. The van der Waals surface area contributed by atoms with Gasteiger partial charge in [-0.15, -0.1) is 0 Å². The normalized spacial score (nSPS) is 11.8. The molecule has 1 atom stereocenters. The number of hydrogen-bond acceptors (Lipinski definition) is 5. The number of nitrogens with one attached hydrogen (secondary N) is 1. The molecule has 1 unspecified atom stereocenters. The summed E-state index contributed by atoms with van der Waals surface area (Å²) in [5.41, 5.74) is 0.755. The molecule has 1 N–H and O–H groups in total. The summed E-state index contributed by atoms with van der Waals surface area (Å²) in [5.74, 6) is 0.335. The Balaban J connectivity index is 2.67. The van der Waals surface area contributed by atoms with Gasteiger partial charge < -0.3 is 19.5 Å². The summed E-state index contributed by atoms with van der Waals surface area (Å²) in [6.45, 7) is 3.95. The van der Waals surface area contributed by atoms with E-state index in [-0.39, 0.29) is 18.6 Å². The minimum absolute atomic E-state index is 0.0816. The van der Waals surface area contributed by atoms with E-state index < -0.39 is 5.97 Å². The molecular formula is C18H25NO5. The molecule has 1 aromatic carbocycles. The maximum Gasteiger partial charge on any atom is 0.330 e. The summed E-state index contributed by atoms with van der Waals surface area (Å²) in [6.07, 6.45) is 4.86. The van der Waals surface area contributed by atoms with Gasteiger partial charge in [0.25, 0.3) is 5.91 Å². The highest BCUT2D eigenvalue weighted by molar-refractivity contribution is 5.87. The minimum Gasteiger partial charge on any atom is -0.493 e. The Hall–Kier alpha value is -2.50. The van der Waals surface area contributed by atoms with Gasteiger partial charge in [0.05, 0.1) is 14.2 Å². The van der Waals surface area contributed by atoms with Crippen LogP contribution in [-0.2, 0) is 14.3 Å². The van der Waals surface area contributed by atoms with E-state index in [9.17, 15) is 9.59 Å². The fraction of sp³-hybridized carbons (Fsp3) is 0.444. The Morgan fingerprint density at radius 1 is 1.25 bits per heavy atom. The number of amides is 1. The molecule has 0 aliphatic carbocycles. The van der Waals surface area contributed by atoms with Gasteiger partial charge >= 0.3 is 5.97 Å². The predicted octanol–water partition coefficient (Wildman–Crippen LogP) is 2.57. The average Bonchev–Trinajstić information content (AvgIpc) is 2.58. The highest BCUT2D eigenvalue weighted by atomic mass is 16.5. The van der Waals surface area contributed by atoms with Crippen LogP contribution in [-0.4, -0.2) is 38.7 Å². The highest BCUT2D eigenvalue weighted by Gasteiger charge is 2.10. The van der Waals surface area contributed by atoms with Crippen molar-refractivity contribution < 1.29 is 23.8 Å². The fourth-order valence-electron chi connectivity index (χ4n) is 2.10. The highest BCUT2D eigenvalue weighted by Crippen LogP contribution is 2.28. The van der Waals surface area contributed by atoms with Crippen molar-refractivity contribution in [3.8, 4) is 11.5 Å². The van der Waals surface area contributed by atoms with E-state index in [1.807, 2.05) is 6.92 Å². The fourth-order valence-corrected chi connectivity index (χ4v) is 2.10. The second-order valence-electron chi connectivity index (χ2n) is 5.31. The second kappa shape index (κ2) is 10.3. The van der Waals surface area contributed by atoms with Gasteiger partial charge in [-0.25, -0.2) is 4.79 Å². The first-order chi connectivity index (χ1) is 11.5. The number of carbonyl (C=O) groups excluding carboxylic acids is 2. The molecule has 0 saturated heterocycles. The lowest BCUT2D eigenvalue weighted by Crippen LogP contribution is -2.35. The van der Waals surface area contributed by atoms with Crippen LogP contribution in [0.2, 0.25) is 0 Å². The van der Waals surface area contributed by atoms with Crippen molar-refractivity contribution in [2.45, 2.75) is 32.7 Å². The molecule has 1 rings (SSSR count). The summed E-state index contributed by atoms with van der Waals surface area (Å²) in [7, 11) is 2.83. The number of ether oxygens (including phenoxy) is 3. The van der Waals surface area contributed by atoms with Crippen molar-refractivity contribution in [2.75, 3.05) is 20.8 Å². The van der Waals surface area contributed by atoms with Gasteiger partial charge in [-0.05, 0) is 37.1 Å². The number of esters is 1. The van der Waals surface area contributed by atoms with E-state index >= 15 is 0 Å². The summed E-state index contributed by atoms with van der Waals surface area (Å²) < 4.78 is 15.3. The molecule has 24 heavy (non-hydrogen) atoms. The molecule has 0 heterocycles. The summed E-state index contributed by atoms with van der Waals surface area (Å²) in [6, 6.07) is 5.29. The summed E-state index contributed by atoms with van der Waals surface area (Å²) in [5, 5.41) is 2.87. The molecule has 6 heteroatoms. The topological polar surface area (TPSA) is 73.9 Å². The SMILES string of the molecule is CCCC(C)NC(=O)COc1ccc(/C=C/C(=O)OC)cc1OC. The van der Waals surface area contributed by atoms with E-state index in [1.165, 1.54) is 20.3 Å². The Labute approximate surface area is 142 Å². The summed E-state index contributed by atoms with van der Waals surface area (Å²) in [4.78, 5) is 22.9. The van der Waals surface area contributed by atoms with Crippen LogP contribution in [0.1, 0.15) is 32.3 Å². The third kappa shape index (κ3) is 6.73. The van der Waals surface area contributed by atoms with Crippen LogP contribution in [0.25, 0.3) is 6.08 Å². The number of benzene rings is 1. The lowest BCUT2D eigenvalue weighted by atomic mass is 10.2. The maximum atomic E-state index is 11.8. The second-order valence-corrected chi connectivity index (χ2v) is 5.31. The number of methoxy groups -OCH3 is 2. The first kappa shape index (κ1) is 19.5. The lowest BCUT2D eigenvalue weighted by molar-refractivity contribution is -0.134. The van der Waals surface area contributed by atoms with Crippen LogP contribution in [0.4, 0.5) is 0 Å². The smallest absolute Gasteiger partial charge is 0.330 e. The Morgan fingerprint density at radius 3 is 2.62 bits per heavy atom. The van der Waals surface area contributed by atoms with Crippen LogP contribution in [0.15, 0.2) is 24.3 Å². The molecule has 0 bridgehead atoms. The van der Waals surface area contributed by atoms with Gasteiger partial charge in [0.1, 0.15) is 0 Å². The molecule has 1 amide bonds. The number of hydrogen-bond donors (Lipinski definition) is 1. The Bertz CT molecular complexity index is 583. The Kier molecular flexibility index (Phi) is 8.39. The zero-order valence-electron chi connectivity index (χ0n) is 14.6. The van der Waals surface area contributed by atoms with Gasteiger partial charge in [0.15, 0.2) is 18.1 Å². The molecule has 0 spiro atoms. The van der Waals surface area contributed by atoms with Crippen LogP contribution in [0.5, 0.6) is 11.5 Å². The van der Waals surface area contributed by atoms with Crippen molar-refractivity contribution >= 4 is 18.0 Å². The maximum absolute atomic E-state index is 11.8. The molecule has 6 nitrogen and oxygen atoms in total. The first-order valence-corrected chi connectivity index (χ1v) is 7.86. The van der Waals surface area contributed by atoms with Gasteiger partial charge in [-0.2, -0.15) is 0 Å². The average molecular weight is 335 g/mol. The van der Waals surface area contributed by atoms with E-state index in [0.717, 1.165) is 18.4 Å². The zero-order valence-corrected chi connectivity index (χ0v) is 14.6. The molecule has 0 fully saturated rings. The largest absolute Gasteiger partial charge is 0.493 e. The van der Waals surface area contributed by atoms with Crippen molar-refractivity contribution in [1.82, 2.24) is 5.32 Å². The van der Waals surface area contributed by atoms with Crippen molar-refractivity contribution in [2.24, 2.45) is 0 Å². The standard InChI is InChI=1S/C18H25NO5/c1-5-6-13(2)19-17(20)12-24-15-9-7-14(11-16(15)22-3)8-10-18(21)23-4/h7-11,13H,5-6,12H2,1-4H3,(H,19,20)/b10-8+. The molecule has 0 aliphatic rings. The van der Waals surface area contributed by atoms with Gasteiger partial charge in [0, 0.05) is 12.1 Å². The van der Waals surface area contributed by atoms with Crippen LogP contribution >= 0.6 is 0 Å². The van der Waals surface area contributed by atoms with Crippen LogP contribution in [0.3, 0.4) is 0 Å². The van der Waals surface area contributed by atoms with Gasteiger partial charge in [-0.3, -0.25) is 4.79 Å². The third-order valence-corrected chi connectivity index (χ3v) is 3.29.